The zero-order valence-electron chi connectivity index (χ0n) is 32.3. The van der Waals surface area contributed by atoms with Gasteiger partial charge in [0, 0.05) is 42.4 Å². The number of ether oxygens (including phenoxy) is 1. The Morgan fingerprint density at radius 3 is 1.52 bits per heavy atom. The molecule has 3 heterocycles. The largest absolute Gasteiger partial charge is 0.443 e. The summed E-state index contributed by atoms with van der Waals surface area (Å²) in [5.41, 5.74) is 8.32. The van der Waals surface area contributed by atoms with Gasteiger partial charge in [-0.25, -0.2) is 9.36 Å². The number of nitrogens with zero attached hydrogens (tertiary/aromatic N) is 2. The Morgan fingerprint density at radius 1 is 0.431 bits per heavy atom. The van der Waals surface area contributed by atoms with Crippen molar-refractivity contribution >= 4 is 103 Å². The number of carbonyl (C=O) groups is 1. The molecule has 0 unspecified atom stereocenters. The Labute approximate surface area is 343 Å². The summed E-state index contributed by atoms with van der Waals surface area (Å²) in [6.07, 6.45) is -0.417. The minimum absolute atomic E-state index is 0.417. The Bertz CT molecular complexity index is 3570. The van der Waals surface area contributed by atoms with E-state index in [0.29, 0.717) is 0 Å². The summed E-state index contributed by atoms with van der Waals surface area (Å²) in [7, 11) is 0. The van der Waals surface area contributed by atoms with Crippen molar-refractivity contribution in [1.82, 2.24) is 8.97 Å². The SMILES string of the molecule is CC(C)(C)OC(=O)n1c2cc3c4ccccc4c4ccccc4c4cccc5c6ccccc6n(c3cc2c2cccc(-c3ccccc3-c3ccccc3Br)c21)c45. The lowest BCUT2D eigenvalue weighted by atomic mass is 9.93. The predicted molar refractivity (Wildman–Crippen MR) is 247 cm³/mol. The Hall–Kier alpha value is -6.69. The van der Waals surface area contributed by atoms with E-state index in [1.807, 2.05) is 31.4 Å². The Kier molecular flexibility index (Phi) is 7.70. The van der Waals surface area contributed by atoms with E-state index in [0.717, 1.165) is 86.6 Å². The molecule has 8 aromatic carbocycles. The fourth-order valence-corrected chi connectivity index (χ4v) is 9.74. The molecule has 5 heteroatoms. The highest BCUT2D eigenvalue weighted by molar-refractivity contribution is 9.10. The highest BCUT2D eigenvalue weighted by Gasteiger charge is 2.26. The average molecular weight is 814 g/mol. The molecule has 0 aliphatic rings. The molecule has 0 spiro atoms. The van der Waals surface area contributed by atoms with Crippen LogP contribution in [0, 0.1) is 0 Å². The average Bonchev–Trinajstić information content (AvgIpc) is 3.76. The van der Waals surface area contributed by atoms with Crippen LogP contribution in [0.5, 0.6) is 0 Å². The first-order valence-electron chi connectivity index (χ1n) is 19.7. The highest BCUT2D eigenvalue weighted by Crippen LogP contribution is 2.45. The second kappa shape index (κ2) is 12.9. The first kappa shape index (κ1) is 34.5. The van der Waals surface area contributed by atoms with Gasteiger partial charge in [-0.3, -0.25) is 0 Å². The second-order valence-electron chi connectivity index (χ2n) is 16.1. The minimum atomic E-state index is -0.723. The van der Waals surface area contributed by atoms with Crippen LogP contribution < -0.4 is 0 Å². The summed E-state index contributed by atoms with van der Waals surface area (Å²) >= 11 is 3.82. The van der Waals surface area contributed by atoms with Gasteiger partial charge in [0.1, 0.15) is 5.60 Å². The molecular formula is C53H37BrN2O2. The smallest absolute Gasteiger partial charge is 0.419 e. The lowest BCUT2D eigenvalue weighted by Crippen LogP contribution is -2.27. The zero-order chi connectivity index (χ0) is 39.3. The molecule has 3 aromatic heterocycles. The Balaban J connectivity index is 1.41. The molecule has 0 aliphatic heterocycles. The third kappa shape index (κ3) is 5.16. The summed E-state index contributed by atoms with van der Waals surface area (Å²) in [5.74, 6) is 0. The van der Waals surface area contributed by atoms with E-state index >= 15 is 0 Å². The molecule has 0 bridgehead atoms. The van der Waals surface area contributed by atoms with E-state index in [2.05, 4.69) is 184 Å². The molecule has 0 radical (unpaired) electrons. The van der Waals surface area contributed by atoms with E-state index in [1.165, 1.54) is 21.5 Å². The number of para-hydroxylation sites is 3. The van der Waals surface area contributed by atoms with Crippen LogP contribution in [0.25, 0.3) is 104 Å². The fourth-order valence-electron chi connectivity index (χ4n) is 9.24. The maximum absolute atomic E-state index is 14.9. The topological polar surface area (TPSA) is 35.6 Å². The fraction of sp³-hybridized carbons (Fsp3) is 0.0755. The third-order valence-electron chi connectivity index (χ3n) is 11.5. The number of benzene rings is 8. The van der Waals surface area contributed by atoms with Gasteiger partial charge in [0.05, 0.1) is 27.6 Å². The predicted octanol–water partition coefficient (Wildman–Crippen LogP) is 15.3. The molecule has 0 aliphatic carbocycles. The molecule has 0 amide bonds. The van der Waals surface area contributed by atoms with Crippen molar-refractivity contribution < 1.29 is 9.53 Å². The van der Waals surface area contributed by atoms with Crippen molar-refractivity contribution in [2.75, 3.05) is 0 Å². The monoisotopic (exact) mass is 812 g/mol. The Morgan fingerprint density at radius 2 is 0.862 bits per heavy atom. The van der Waals surface area contributed by atoms with Crippen LogP contribution in [0.2, 0.25) is 0 Å². The van der Waals surface area contributed by atoms with Gasteiger partial charge < -0.3 is 9.14 Å². The molecule has 0 N–H and O–H groups in total. The molecule has 0 saturated heterocycles. The number of hydrogen-bond acceptors (Lipinski definition) is 2. The second-order valence-corrected chi connectivity index (χ2v) is 16.9. The van der Waals surface area contributed by atoms with Crippen LogP contribution in [-0.4, -0.2) is 20.7 Å². The van der Waals surface area contributed by atoms with Crippen LogP contribution in [0.3, 0.4) is 0 Å². The molecule has 0 fully saturated rings. The zero-order valence-corrected chi connectivity index (χ0v) is 33.8. The van der Waals surface area contributed by atoms with Gasteiger partial charge in [-0.15, -0.1) is 0 Å². The number of halogens is 1. The number of fused-ring (bicyclic) bond motifs is 13. The molecule has 11 rings (SSSR count). The maximum atomic E-state index is 14.9. The van der Waals surface area contributed by atoms with Gasteiger partial charge in [0.2, 0.25) is 0 Å². The van der Waals surface area contributed by atoms with E-state index in [-0.39, 0.29) is 0 Å². The number of hydrogen-bond donors (Lipinski definition) is 0. The summed E-state index contributed by atoms with van der Waals surface area (Å²) in [4.78, 5) is 14.9. The number of rotatable bonds is 2. The maximum Gasteiger partial charge on any atom is 0.419 e. The van der Waals surface area contributed by atoms with Crippen LogP contribution in [0.1, 0.15) is 20.8 Å². The summed E-state index contributed by atoms with van der Waals surface area (Å²) in [6, 6.07) is 60.4. The van der Waals surface area contributed by atoms with Crippen LogP contribution >= 0.6 is 15.9 Å². The van der Waals surface area contributed by atoms with Gasteiger partial charge >= 0.3 is 6.09 Å². The molecule has 11 aromatic rings. The van der Waals surface area contributed by atoms with Gasteiger partial charge in [-0.05, 0) is 83.3 Å². The van der Waals surface area contributed by atoms with Gasteiger partial charge in [0.25, 0.3) is 0 Å². The standard InChI is InChI=1S/C53H37BrN2O2/c1-53(2,3)58-52(57)56-49-30-44-37-21-9-5-17-33(37)32-16-4-7-19-35(32)40-24-14-26-42-39-23-11-13-29-47(39)55(50(40)42)48(44)31-45(49)43-27-15-25-41(51(43)56)36-20-8-6-18-34(36)38-22-10-12-28-46(38)54/h4-31H,1-3H3. The first-order valence-corrected chi connectivity index (χ1v) is 20.5. The van der Waals surface area contributed by atoms with Gasteiger partial charge in [-0.2, -0.15) is 0 Å². The molecule has 0 saturated carbocycles. The lowest BCUT2D eigenvalue weighted by molar-refractivity contribution is 0.0551. The van der Waals surface area contributed by atoms with E-state index in [4.69, 9.17) is 4.74 Å². The van der Waals surface area contributed by atoms with Crippen molar-refractivity contribution in [2.24, 2.45) is 0 Å². The van der Waals surface area contributed by atoms with Crippen molar-refractivity contribution in [1.29, 1.82) is 0 Å². The minimum Gasteiger partial charge on any atom is -0.443 e. The molecular weight excluding hydrogens is 776 g/mol. The first-order chi connectivity index (χ1) is 28.3. The van der Waals surface area contributed by atoms with Gasteiger partial charge in [-0.1, -0.05) is 162 Å². The van der Waals surface area contributed by atoms with Gasteiger partial charge in [0.15, 0.2) is 0 Å². The van der Waals surface area contributed by atoms with E-state index < -0.39 is 11.7 Å². The van der Waals surface area contributed by atoms with Crippen LogP contribution in [-0.2, 0) is 4.74 Å². The van der Waals surface area contributed by atoms with Crippen molar-refractivity contribution in [2.45, 2.75) is 26.4 Å². The molecule has 278 valence electrons. The van der Waals surface area contributed by atoms with Crippen molar-refractivity contribution in [3.63, 3.8) is 0 Å². The molecule has 4 nitrogen and oxygen atoms in total. The number of carbonyl (C=O) groups excluding carboxylic acids is 1. The number of aromatic nitrogens is 2. The third-order valence-corrected chi connectivity index (χ3v) is 12.2. The highest BCUT2D eigenvalue weighted by atomic mass is 79.9. The van der Waals surface area contributed by atoms with Crippen molar-refractivity contribution in [3.05, 3.63) is 174 Å². The molecule has 58 heavy (non-hydrogen) atoms. The van der Waals surface area contributed by atoms with E-state index in [9.17, 15) is 4.79 Å². The molecule has 0 atom stereocenters. The summed E-state index contributed by atoms with van der Waals surface area (Å²) < 4.78 is 11.6. The van der Waals surface area contributed by atoms with Crippen molar-refractivity contribution in [3.8, 4) is 22.3 Å². The van der Waals surface area contributed by atoms with E-state index in [1.54, 1.807) is 0 Å². The lowest BCUT2D eigenvalue weighted by Gasteiger charge is -2.21. The van der Waals surface area contributed by atoms with Crippen LogP contribution in [0.15, 0.2) is 174 Å². The summed E-state index contributed by atoms with van der Waals surface area (Å²) in [5, 5.41) is 11.1. The summed E-state index contributed by atoms with van der Waals surface area (Å²) in [6.45, 7) is 5.78. The van der Waals surface area contributed by atoms with Crippen LogP contribution in [0.4, 0.5) is 4.79 Å². The normalized spacial score (nSPS) is 12.2. The quantitative estimate of drug-likeness (QED) is 0.174.